The molecule has 0 aliphatic heterocycles. The summed E-state index contributed by atoms with van der Waals surface area (Å²) < 4.78 is 7.91. The Balaban J connectivity index is 1.26. The van der Waals surface area contributed by atoms with E-state index in [1.165, 1.54) is 17.3 Å². The number of aliphatic carboxylic acids is 1. The van der Waals surface area contributed by atoms with Crippen LogP contribution in [0.1, 0.15) is 29.4 Å². The molecule has 0 radical (unpaired) electrons. The number of carboxylic acids is 1. The molecule has 0 fully saturated rings. The largest absolute Gasteiger partial charge is 0.486 e. The van der Waals surface area contributed by atoms with Crippen molar-refractivity contribution >= 4 is 34.5 Å². The van der Waals surface area contributed by atoms with E-state index in [9.17, 15) is 14.7 Å². The fourth-order valence-electron chi connectivity index (χ4n) is 4.51. The number of hydrogen-bond donors (Lipinski definition) is 3. The summed E-state index contributed by atoms with van der Waals surface area (Å²) >= 11 is 1.21. The first-order valence-corrected chi connectivity index (χ1v) is 14.4. The van der Waals surface area contributed by atoms with Crippen molar-refractivity contribution in [3.8, 4) is 5.75 Å². The van der Waals surface area contributed by atoms with Gasteiger partial charge in [0.25, 0.3) is 0 Å². The van der Waals surface area contributed by atoms with Gasteiger partial charge in [0.1, 0.15) is 18.4 Å². The summed E-state index contributed by atoms with van der Waals surface area (Å²) in [6.45, 7) is 2.82. The van der Waals surface area contributed by atoms with Crippen LogP contribution < -0.4 is 10.1 Å². The summed E-state index contributed by atoms with van der Waals surface area (Å²) in [6.07, 6.45) is 2.91. The molecule has 2 heterocycles. The van der Waals surface area contributed by atoms with Gasteiger partial charge < -0.3 is 20.1 Å². The molecule has 0 bridgehead atoms. The number of rotatable bonds is 13. The number of carbonyl (C=O) groups excluding carboxylic acids is 1. The Morgan fingerprint density at radius 1 is 1.00 bits per heavy atom. The summed E-state index contributed by atoms with van der Waals surface area (Å²) in [4.78, 5) is 28.0. The molecule has 5 rings (SSSR count). The number of para-hydroxylation sites is 1. The van der Waals surface area contributed by atoms with Gasteiger partial charge in [-0.15, -0.1) is 10.2 Å². The Bertz CT molecular complexity index is 1610. The normalized spacial score (nSPS) is 11.8. The van der Waals surface area contributed by atoms with E-state index in [4.69, 9.17) is 4.74 Å². The van der Waals surface area contributed by atoms with Crippen LogP contribution in [0.4, 0.5) is 0 Å². The van der Waals surface area contributed by atoms with Crippen molar-refractivity contribution in [1.29, 1.82) is 0 Å². The van der Waals surface area contributed by atoms with E-state index in [1.807, 2.05) is 83.4 Å². The molecule has 41 heavy (non-hydrogen) atoms. The molecule has 10 heteroatoms. The molecule has 0 aliphatic carbocycles. The van der Waals surface area contributed by atoms with Crippen molar-refractivity contribution in [3.63, 3.8) is 0 Å². The van der Waals surface area contributed by atoms with E-state index >= 15 is 0 Å². The monoisotopic (exact) mass is 569 g/mol. The van der Waals surface area contributed by atoms with Crippen LogP contribution in [0.2, 0.25) is 0 Å². The van der Waals surface area contributed by atoms with Crippen molar-refractivity contribution < 1.29 is 19.4 Å². The van der Waals surface area contributed by atoms with E-state index in [0.29, 0.717) is 17.5 Å². The number of carboxylic acid groups (broad SMARTS) is 1. The maximum absolute atomic E-state index is 12.9. The molecular weight excluding hydrogens is 538 g/mol. The molecule has 0 saturated carbocycles. The summed E-state index contributed by atoms with van der Waals surface area (Å²) in [5.41, 5.74) is 4.03. The van der Waals surface area contributed by atoms with Gasteiger partial charge in [0.05, 0.1) is 12.3 Å². The van der Waals surface area contributed by atoms with Gasteiger partial charge in [-0.05, 0) is 41.3 Å². The predicted molar refractivity (Wildman–Crippen MR) is 158 cm³/mol. The van der Waals surface area contributed by atoms with Gasteiger partial charge in [-0.1, -0.05) is 79.3 Å². The molecular formula is C31H31N5O4S. The SMILES string of the molecule is CCc1ccc(OCc2nnc(SCC(=O)N[C@@H](Cc3c[nH]c4ccccc34)C(=O)O)n2Cc2ccccc2)cc1. The van der Waals surface area contributed by atoms with Crippen molar-refractivity contribution in [2.75, 3.05) is 5.75 Å². The quantitative estimate of drug-likeness (QED) is 0.173. The Morgan fingerprint density at radius 2 is 1.76 bits per heavy atom. The molecule has 1 atom stereocenters. The van der Waals surface area contributed by atoms with Gasteiger partial charge in [0.2, 0.25) is 5.91 Å². The summed E-state index contributed by atoms with van der Waals surface area (Å²) in [6, 6.07) is 24.5. The number of fused-ring (bicyclic) bond motifs is 1. The number of aromatic amines is 1. The lowest BCUT2D eigenvalue weighted by atomic mass is 10.1. The predicted octanol–water partition coefficient (Wildman–Crippen LogP) is 4.85. The molecule has 3 N–H and O–H groups in total. The zero-order chi connectivity index (χ0) is 28.6. The van der Waals surface area contributed by atoms with Crippen LogP contribution in [0.5, 0.6) is 5.75 Å². The zero-order valence-corrected chi connectivity index (χ0v) is 23.4. The standard InChI is InChI=1S/C31H31N5O4S/c1-2-21-12-14-24(15-13-21)40-19-28-34-35-31(36(28)18-22-8-4-3-5-9-22)41-20-29(37)33-27(30(38)39)16-23-17-32-26-11-7-6-10-25(23)26/h3-15,17,27,32H,2,16,18-20H2,1H3,(H,33,37)(H,38,39)/t27-/m0/s1. The third kappa shape index (κ3) is 7.15. The number of hydrogen-bond acceptors (Lipinski definition) is 6. The van der Waals surface area contributed by atoms with Crippen LogP contribution in [0.25, 0.3) is 10.9 Å². The lowest BCUT2D eigenvalue weighted by Gasteiger charge is -2.15. The summed E-state index contributed by atoms with van der Waals surface area (Å²) in [5, 5.41) is 22.6. The minimum Gasteiger partial charge on any atom is -0.486 e. The van der Waals surface area contributed by atoms with Crippen molar-refractivity contribution in [3.05, 3.63) is 108 Å². The highest BCUT2D eigenvalue weighted by atomic mass is 32.2. The highest BCUT2D eigenvalue weighted by Gasteiger charge is 2.23. The van der Waals surface area contributed by atoms with E-state index < -0.39 is 17.9 Å². The second-order valence-electron chi connectivity index (χ2n) is 9.57. The Morgan fingerprint density at radius 3 is 2.51 bits per heavy atom. The zero-order valence-electron chi connectivity index (χ0n) is 22.6. The fraction of sp³-hybridized carbons (Fsp3) is 0.226. The average molecular weight is 570 g/mol. The van der Waals surface area contributed by atoms with Crippen molar-refractivity contribution in [1.82, 2.24) is 25.1 Å². The van der Waals surface area contributed by atoms with Crippen LogP contribution >= 0.6 is 11.8 Å². The third-order valence-electron chi connectivity index (χ3n) is 6.74. The first kappa shape index (κ1) is 28.0. The maximum atomic E-state index is 12.9. The lowest BCUT2D eigenvalue weighted by Crippen LogP contribution is -2.43. The van der Waals surface area contributed by atoms with Crippen LogP contribution in [-0.4, -0.2) is 48.5 Å². The second-order valence-corrected chi connectivity index (χ2v) is 10.5. The Labute approximate surface area is 242 Å². The number of amides is 1. The number of aryl methyl sites for hydroxylation is 1. The molecule has 0 saturated heterocycles. The Hall–Kier alpha value is -4.57. The van der Waals surface area contributed by atoms with E-state index in [2.05, 4.69) is 27.4 Å². The number of thioether (sulfide) groups is 1. The molecule has 5 aromatic rings. The lowest BCUT2D eigenvalue weighted by molar-refractivity contribution is -0.141. The molecule has 3 aromatic carbocycles. The highest BCUT2D eigenvalue weighted by Crippen LogP contribution is 2.22. The molecule has 0 spiro atoms. The maximum Gasteiger partial charge on any atom is 0.326 e. The van der Waals surface area contributed by atoms with E-state index in [-0.39, 0.29) is 18.8 Å². The number of carbonyl (C=O) groups is 2. The van der Waals surface area contributed by atoms with E-state index in [0.717, 1.165) is 34.2 Å². The van der Waals surface area contributed by atoms with Gasteiger partial charge >= 0.3 is 5.97 Å². The number of aromatic nitrogens is 4. The van der Waals surface area contributed by atoms with Crippen molar-refractivity contribution in [2.24, 2.45) is 0 Å². The summed E-state index contributed by atoms with van der Waals surface area (Å²) in [7, 11) is 0. The Kier molecular flexibility index (Phi) is 9.00. The number of benzene rings is 3. The number of nitrogens with one attached hydrogen (secondary N) is 2. The first-order valence-electron chi connectivity index (χ1n) is 13.4. The van der Waals surface area contributed by atoms with Crippen LogP contribution in [0.15, 0.2) is 90.2 Å². The molecule has 9 nitrogen and oxygen atoms in total. The summed E-state index contributed by atoms with van der Waals surface area (Å²) in [5.74, 6) is -0.138. The number of H-pyrrole nitrogens is 1. The van der Waals surface area contributed by atoms with Crippen LogP contribution in [0, 0.1) is 0 Å². The third-order valence-corrected chi connectivity index (χ3v) is 7.71. The van der Waals surface area contributed by atoms with Crippen molar-refractivity contribution in [2.45, 2.75) is 44.1 Å². The minimum absolute atomic E-state index is 0.01000. The van der Waals surface area contributed by atoms with Crippen LogP contribution in [-0.2, 0) is 35.6 Å². The number of ether oxygens (including phenoxy) is 1. The van der Waals surface area contributed by atoms with Crippen LogP contribution in [0.3, 0.4) is 0 Å². The van der Waals surface area contributed by atoms with Gasteiger partial charge in [0.15, 0.2) is 11.0 Å². The molecule has 0 aliphatic rings. The molecule has 1 amide bonds. The smallest absolute Gasteiger partial charge is 0.326 e. The van der Waals surface area contributed by atoms with E-state index in [1.54, 1.807) is 6.20 Å². The highest BCUT2D eigenvalue weighted by molar-refractivity contribution is 7.99. The fourth-order valence-corrected chi connectivity index (χ4v) is 5.28. The molecule has 210 valence electrons. The second kappa shape index (κ2) is 13.2. The molecule has 2 aromatic heterocycles. The van der Waals surface area contributed by atoms with Gasteiger partial charge in [-0.25, -0.2) is 4.79 Å². The first-order chi connectivity index (χ1) is 20.0. The van der Waals surface area contributed by atoms with Gasteiger partial charge in [0, 0.05) is 23.5 Å². The molecule has 0 unspecified atom stereocenters. The number of nitrogens with zero attached hydrogens (tertiary/aromatic N) is 3. The van der Waals surface area contributed by atoms with Gasteiger partial charge in [-0.2, -0.15) is 0 Å². The van der Waals surface area contributed by atoms with Gasteiger partial charge in [-0.3, -0.25) is 9.36 Å². The topological polar surface area (TPSA) is 122 Å². The minimum atomic E-state index is -1.09. The average Bonchev–Trinajstić information content (AvgIpc) is 3.58.